The van der Waals surface area contributed by atoms with Crippen LogP contribution in [0, 0.1) is 0 Å². The average Bonchev–Trinajstić information content (AvgIpc) is 3.41. The van der Waals surface area contributed by atoms with Gasteiger partial charge in [0.1, 0.15) is 10.4 Å². The fraction of sp³-hybridized carbons (Fsp3) is 0.208. The molecule has 0 aliphatic rings. The number of benzene rings is 2. The van der Waals surface area contributed by atoms with Gasteiger partial charge in [-0.1, -0.05) is 42.8 Å². The van der Waals surface area contributed by atoms with Gasteiger partial charge >= 0.3 is 5.69 Å². The van der Waals surface area contributed by atoms with Crippen molar-refractivity contribution >= 4 is 38.9 Å². The highest BCUT2D eigenvalue weighted by Gasteiger charge is 2.18. The lowest BCUT2D eigenvalue weighted by atomic mass is 10.2. The Morgan fingerprint density at radius 2 is 1.85 bits per heavy atom. The van der Waals surface area contributed by atoms with Crippen LogP contribution in [0.1, 0.15) is 24.5 Å². The summed E-state index contributed by atoms with van der Waals surface area (Å²) in [6.07, 6.45) is 0.933. The fourth-order valence-corrected chi connectivity index (χ4v) is 4.82. The van der Waals surface area contributed by atoms with Crippen LogP contribution in [0.2, 0.25) is 5.02 Å². The molecule has 5 rings (SSSR count). The van der Waals surface area contributed by atoms with E-state index in [-0.39, 0.29) is 24.3 Å². The summed E-state index contributed by atoms with van der Waals surface area (Å²) in [5.41, 5.74) is 1.87. The van der Waals surface area contributed by atoms with Crippen LogP contribution in [0.4, 0.5) is 0 Å². The summed E-state index contributed by atoms with van der Waals surface area (Å²) in [6, 6.07) is 16.7. The van der Waals surface area contributed by atoms with Gasteiger partial charge in [0.05, 0.1) is 25.2 Å². The Kier molecular flexibility index (Phi) is 5.78. The van der Waals surface area contributed by atoms with Gasteiger partial charge in [0.2, 0.25) is 5.78 Å². The molecular weight excluding hydrogens is 460 g/mol. The fourth-order valence-electron chi connectivity index (χ4n) is 3.78. The van der Waals surface area contributed by atoms with Crippen LogP contribution in [-0.2, 0) is 13.1 Å². The number of aromatic nitrogens is 4. The van der Waals surface area contributed by atoms with Gasteiger partial charge in [0, 0.05) is 5.02 Å². The number of rotatable bonds is 7. The zero-order valence-electron chi connectivity index (χ0n) is 17.9. The molecule has 0 radical (unpaired) electrons. The topological polar surface area (TPSA) is 70.5 Å². The van der Waals surface area contributed by atoms with E-state index in [0.717, 1.165) is 23.3 Å². The zero-order chi connectivity index (χ0) is 22.9. The molecule has 168 valence electrons. The monoisotopic (exact) mass is 480 g/mol. The Bertz CT molecular complexity index is 1560. The van der Waals surface area contributed by atoms with Crippen molar-refractivity contribution < 1.29 is 4.74 Å². The van der Waals surface area contributed by atoms with E-state index in [1.807, 2.05) is 41.8 Å². The highest BCUT2D eigenvalue weighted by atomic mass is 35.5. The molecule has 0 aliphatic carbocycles. The number of thiophene rings is 1. The van der Waals surface area contributed by atoms with E-state index in [2.05, 4.69) is 12.0 Å². The molecule has 5 aromatic rings. The highest BCUT2D eigenvalue weighted by Crippen LogP contribution is 2.19. The normalized spacial score (nSPS) is 11.5. The summed E-state index contributed by atoms with van der Waals surface area (Å²) in [5.74, 6) is 1.10. The first-order chi connectivity index (χ1) is 16.0. The minimum atomic E-state index is -0.301. The molecule has 33 heavy (non-hydrogen) atoms. The number of fused-ring (bicyclic) bond motifs is 3. The average molecular weight is 481 g/mol. The van der Waals surface area contributed by atoms with Crippen molar-refractivity contribution in [2.45, 2.75) is 26.4 Å². The van der Waals surface area contributed by atoms with Crippen LogP contribution in [0.25, 0.3) is 16.0 Å². The lowest BCUT2D eigenvalue weighted by Gasteiger charge is -2.09. The second-order valence-electron chi connectivity index (χ2n) is 7.72. The van der Waals surface area contributed by atoms with E-state index in [1.54, 1.807) is 22.8 Å². The van der Waals surface area contributed by atoms with E-state index < -0.39 is 0 Å². The lowest BCUT2D eigenvalue weighted by Crippen LogP contribution is -2.26. The van der Waals surface area contributed by atoms with Crippen molar-refractivity contribution in [1.29, 1.82) is 0 Å². The van der Waals surface area contributed by atoms with Crippen molar-refractivity contribution in [2.24, 2.45) is 0 Å². The van der Waals surface area contributed by atoms with Gasteiger partial charge in [-0.15, -0.1) is 16.4 Å². The van der Waals surface area contributed by atoms with E-state index in [1.165, 1.54) is 20.4 Å². The zero-order valence-corrected chi connectivity index (χ0v) is 19.5. The standard InChI is InChI=1S/C24H21ClN4O3S/c1-2-11-32-19-8-6-16(7-9-19)14-27-22(30)21-20(10-12-33-21)29-23(27)26-28(24(29)31)15-17-4-3-5-18(25)13-17/h3-10,12-13H,2,11,14-15H2,1H3. The molecule has 0 aliphatic heterocycles. The SMILES string of the molecule is CCCOc1ccc(Cn2c(=O)c3sccc3n3c(=O)n(Cc4cccc(Cl)c4)nc23)cc1. The Morgan fingerprint density at radius 1 is 1.03 bits per heavy atom. The number of hydrogen-bond donors (Lipinski definition) is 0. The molecule has 0 amide bonds. The molecule has 0 saturated carbocycles. The van der Waals surface area contributed by atoms with Gasteiger partial charge in [0.25, 0.3) is 5.56 Å². The number of halogens is 1. The maximum atomic E-state index is 13.3. The van der Waals surface area contributed by atoms with Gasteiger partial charge in [-0.25, -0.2) is 13.9 Å². The molecule has 0 unspecified atom stereocenters. The third-order valence-electron chi connectivity index (χ3n) is 5.35. The predicted octanol–water partition coefficient (Wildman–Crippen LogP) is 4.41. The first-order valence-electron chi connectivity index (χ1n) is 10.6. The molecule has 0 saturated heterocycles. The van der Waals surface area contributed by atoms with Crippen LogP contribution >= 0.6 is 22.9 Å². The molecule has 0 atom stereocenters. The van der Waals surface area contributed by atoms with Gasteiger partial charge < -0.3 is 4.74 Å². The summed E-state index contributed by atoms with van der Waals surface area (Å²) in [4.78, 5) is 26.6. The molecule has 0 bridgehead atoms. The van der Waals surface area contributed by atoms with E-state index in [4.69, 9.17) is 16.3 Å². The van der Waals surface area contributed by atoms with Crippen molar-refractivity contribution in [1.82, 2.24) is 18.7 Å². The molecule has 3 heterocycles. The third-order valence-corrected chi connectivity index (χ3v) is 6.47. The second-order valence-corrected chi connectivity index (χ2v) is 9.08. The van der Waals surface area contributed by atoms with Crippen LogP contribution in [0.15, 0.2) is 69.6 Å². The van der Waals surface area contributed by atoms with Gasteiger partial charge in [-0.2, -0.15) is 0 Å². The number of hydrogen-bond acceptors (Lipinski definition) is 5. The third kappa shape index (κ3) is 4.07. The quantitative estimate of drug-likeness (QED) is 0.346. The number of ether oxygens (including phenoxy) is 1. The molecule has 0 N–H and O–H groups in total. The van der Waals surface area contributed by atoms with E-state index >= 15 is 0 Å². The highest BCUT2D eigenvalue weighted by molar-refractivity contribution is 7.17. The van der Waals surface area contributed by atoms with Gasteiger partial charge in [-0.3, -0.25) is 9.36 Å². The maximum absolute atomic E-state index is 13.3. The molecule has 9 heteroatoms. The predicted molar refractivity (Wildman–Crippen MR) is 131 cm³/mol. The summed E-state index contributed by atoms with van der Waals surface area (Å²) < 4.78 is 10.6. The van der Waals surface area contributed by atoms with Crippen molar-refractivity contribution in [2.75, 3.05) is 6.61 Å². The van der Waals surface area contributed by atoms with Crippen LogP contribution in [-0.4, -0.2) is 25.4 Å². The minimum absolute atomic E-state index is 0.168. The van der Waals surface area contributed by atoms with Crippen LogP contribution < -0.4 is 16.0 Å². The summed E-state index contributed by atoms with van der Waals surface area (Å²) >= 11 is 7.42. The van der Waals surface area contributed by atoms with Gasteiger partial charge in [-0.05, 0) is 53.3 Å². The molecule has 2 aromatic carbocycles. The smallest absolute Gasteiger partial charge is 0.352 e. The Balaban J connectivity index is 1.61. The minimum Gasteiger partial charge on any atom is -0.494 e. The van der Waals surface area contributed by atoms with Crippen molar-refractivity contribution in [3.05, 3.63) is 97.0 Å². The molecular formula is C24H21ClN4O3S. The van der Waals surface area contributed by atoms with Crippen LogP contribution in [0.5, 0.6) is 5.75 Å². The second kappa shape index (κ2) is 8.88. The summed E-state index contributed by atoms with van der Waals surface area (Å²) in [7, 11) is 0. The first-order valence-corrected chi connectivity index (χ1v) is 11.9. The molecule has 3 aromatic heterocycles. The Labute approximate surface area is 198 Å². The molecule has 0 spiro atoms. The van der Waals surface area contributed by atoms with Gasteiger partial charge in [0.15, 0.2) is 0 Å². The largest absolute Gasteiger partial charge is 0.494 e. The van der Waals surface area contributed by atoms with Crippen molar-refractivity contribution in [3.63, 3.8) is 0 Å². The van der Waals surface area contributed by atoms with Crippen LogP contribution in [0.3, 0.4) is 0 Å². The maximum Gasteiger partial charge on any atom is 0.352 e. The Hall–Kier alpha value is -3.36. The molecule has 7 nitrogen and oxygen atoms in total. The van der Waals surface area contributed by atoms with E-state index in [0.29, 0.717) is 27.6 Å². The molecule has 0 fully saturated rings. The van der Waals surface area contributed by atoms with Crippen molar-refractivity contribution in [3.8, 4) is 5.75 Å². The van der Waals surface area contributed by atoms with E-state index in [9.17, 15) is 9.59 Å². The Morgan fingerprint density at radius 3 is 2.61 bits per heavy atom. The summed E-state index contributed by atoms with van der Waals surface area (Å²) in [5, 5.41) is 6.96. The lowest BCUT2D eigenvalue weighted by molar-refractivity contribution is 0.317. The first kappa shape index (κ1) is 21.5. The number of nitrogens with zero attached hydrogens (tertiary/aromatic N) is 4. The summed E-state index contributed by atoms with van der Waals surface area (Å²) in [6.45, 7) is 3.25.